The average molecular weight is 583 g/mol. The smallest absolute Gasteiger partial charge is 0.406 e. The largest absolute Gasteiger partial charge is 0.480 e. The maximum Gasteiger partial charge on any atom is 0.406 e. The number of hydrogen-bond acceptors (Lipinski definition) is 7. The van der Waals surface area contributed by atoms with Gasteiger partial charge in [0.25, 0.3) is 0 Å². The fourth-order valence-electron chi connectivity index (χ4n) is 6.75. The molecule has 2 atom stereocenters. The monoisotopic (exact) mass is 582 g/mol. The van der Waals surface area contributed by atoms with Gasteiger partial charge >= 0.3 is 12.2 Å². The van der Waals surface area contributed by atoms with Crippen LogP contribution in [0, 0.1) is 5.95 Å². The van der Waals surface area contributed by atoms with Crippen molar-refractivity contribution >= 4 is 17.2 Å². The Kier molecular flexibility index (Phi) is 5.93. The maximum atomic E-state index is 14.8. The molecule has 0 unspecified atom stereocenters. The zero-order valence-corrected chi connectivity index (χ0v) is 22.8. The summed E-state index contributed by atoms with van der Waals surface area (Å²) in [5.41, 5.74) is 2.83. The summed E-state index contributed by atoms with van der Waals surface area (Å²) in [6, 6.07) is 7.38. The number of fused-ring (bicyclic) bond motifs is 3. The van der Waals surface area contributed by atoms with Gasteiger partial charge in [0, 0.05) is 17.4 Å². The fourth-order valence-corrected chi connectivity index (χ4v) is 6.75. The van der Waals surface area contributed by atoms with Gasteiger partial charge in [-0.05, 0) is 54.4 Å². The second-order valence-electron chi connectivity index (χ2n) is 11.1. The van der Waals surface area contributed by atoms with Gasteiger partial charge in [-0.2, -0.15) is 32.2 Å². The Bertz CT molecular complexity index is 1730. The van der Waals surface area contributed by atoms with Crippen LogP contribution in [0.15, 0.2) is 36.7 Å². The first-order valence-corrected chi connectivity index (χ1v) is 13.7. The van der Waals surface area contributed by atoms with Crippen molar-refractivity contribution < 1.29 is 31.8 Å². The number of rotatable bonds is 6. The molecule has 4 aromatic rings. The Morgan fingerprint density at radius 2 is 1.83 bits per heavy atom. The third-order valence-corrected chi connectivity index (χ3v) is 8.73. The number of anilines is 1. The van der Waals surface area contributed by atoms with Crippen LogP contribution in [0.2, 0.25) is 0 Å². The molecular formula is C29H26F4N6O3. The first kappa shape index (κ1) is 26.6. The molecule has 0 saturated heterocycles. The Morgan fingerprint density at radius 3 is 2.55 bits per heavy atom. The maximum absolute atomic E-state index is 14.8. The minimum Gasteiger partial charge on any atom is -0.480 e. The number of nitrogens with zero attached hydrogens (tertiary/aromatic N) is 6. The van der Waals surface area contributed by atoms with Crippen molar-refractivity contribution in [3.8, 4) is 23.1 Å². The lowest BCUT2D eigenvalue weighted by atomic mass is 9.80. The van der Waals surface area contributed by atoms with Gasteiger partial charge < -0.3 is 14.4 Å². The highest BCUT2D eigenvalue weighted by Crippen LogP contribution is 2.58. The molecule has 13 heteroatoms. The van der Waals surface area contributed by atoms with Gasteiger partial charge in [0.15, 0.2) is 5.65 Å². The molecular weight excluding hydrogens is 556 g/mol. The third kappa shape index (κ3) is 4.08. The number of halogens is 4. The van der Waals surface area contributed by atoms with Gasteiger partial charge in [0.2, 0.25) is 17.7 Å². The highest BCUT2D eigenvalue weighted by Gasteiger charge is 2.54. The summed E-state index contributed by atoms with van der Waals surface area (Å²) in [7, 11) is 2.87. The quantitative estimate of drug-likeness (QED) is 0.284. The van der Waals surface area contributed by atoms with Crippen LogP contribution in [-0.4, -0.2) is 57.4 Å². The Balaban J connectivity index is 1.28. The van der Waals surface area contributed by atoms with Crippen LogP contribution in [0.4, 0.5) is 23.2 Å². The molecule has 3 aromatic heterocycles. The van der Waals surface area contributed by atoms with Crippen LogP contribution >= 0.6 is 0 Å². The molecule has 1 amide bonds. The van der Waals surface area contributed by atoms with Crippen LogP contribution in [0.5, 0.6) is 11.9 Å². The van der Waals surface area contributed by atoms with E-state index in [1.807, 2.05) is 12.1 Å². The van der Waals surface area contributed by atoms with Gasteiger partial charge in [0.05, 0.1) is 37.1 Å². The number of ether oxygens (including phenoxy) is 2. The normalized spacial score (nSPS) is 20.9. The summed E-state index contributed by atoms with van der Waals surface area (Å²) in [5, 5.41) is 4.41. The van der Waals surface area contributed by atoms with Crippen LogP contribution in [0.25, 0.3) is 16.9 Å². The predicted octanol–water partition coefficient (Wildman–Crippen LogP) is 5.33. The molecule has 218 valence electrons. The molecule has 42 heavy (non-hydrogen) atoms. The molecule has 0 N–H and O–H groups in total. The summed E-state index contributed by atoms with van der Waals surface area (Å²) < 4.78 is 67.1. The van der Waals surface area contributed by atoms with Crippen LogP contribution in [-0.2, 0) is 10.2 Å². The molecule has 2 saturated carbocycles. The number of methoxy groups -OCH3 is 2. The number of alkyl halides is 3. The van der Waals surface area contributed by atoms with Gasteiger partial charge in [-0.3, -0.25) is 4.79 Å². The van der Waals surface area contributed by atoms with Crippen molar-refractivity contribution in [1.82, 2.24) is 24.6 Å². The predicted molar refractivity (Wildman–Crippen MR) is 142 cm³/mol. The minimum absolute atomic E-state index is 0.0638. The molecule has 2 fully saturated rings. The number of carbonyl (C=O) groups excluding carboxylic acids is 1. The number of carbonyl (C=O) groups is 1. The molecule has 0 bridgehead atoms. The molecule has 3 aliphatic rings. The SMILES string of the molecule is COc1ncc(-c2cc([C@H]3C[C@@H]3c3ccc4c(c3)N(CC(F)(F)F)C(=O)C43CCCC3)c3ncc(F)n3n2)c(OC)n1. The minimum atomic E-state index is -4.52. The Hall–Kier alpha value is -4.29. The topological polar surface area (TPSA) is 94.7 Å². The van der Waals surface area contributed by atoms with E-state index in [4.69, 9.17) is 9.47 Å². The lowest BCUT2D eigenvalue weighted by molar-refractivity contribution is -0.134. The second kappa shape index (κ2) is 9.36. The van der Waals surface area contributed by atoms with E-state index in [-0.39, 0.29) is 23.7 Å². The summed E-state index contributed by atoms with van der Waals surface area (Å²) in [4.78, 5) is 26.9. The van der Waals surface area contributed by atoms with Gasteiger partial charge in [0.1, 0.15) is 6.54 Å². The number of amides is 1. The number of imidazole rings is 1. The van der Waals surface area contributed by atoms with Crippen molar-refractivity contribution in [1.29, 1.82) is 0 Å². The summed E-state index contributed by atoms with van der Waals surface area (Å²) in [5.74, 6) is -1.08. The first-order valence-electron chi connectivity index (χ1n) is 13.7. The van der Waals surface area contributed by atoms with Crippen molar-refractivity contribution in [2.45, 2.75) is 55.5 Å². The number of aromatic nitrogens is 5. The van der Waals surface area contributed by atoms with E-state index in [0.29, 0.717) is 47.4 Å². The third-order valence-electron chi connectivity index (χ3n) is 8.73. The van der Waals surface area contributed by atoms with E-state index in [1.165, 1.54) is 20.4 Å². The van der Waals surface area contributed by atoms with E-state index in [1.54, 1.807) is 12.1 Å². The molecule has 7 rings (SSSR count). The fraction of sp³-hybridized carbons (Fsp3) is 0.414. The van der Waals surface area contributed by atoms with E-state index in [0.717, 1.165) is 39.6 Å². The number of benzene rings is 1. The van der Waals surface area contributed by atoms with Gasteiger partial charge in [-0.15, -0.1) is 0 Å². The Labute approximate surface area is 237 Å². The van der Waals surface area contributed by atoms with Crippen LogP contribution < -0.4 is 14.4 Å². The van der Waals surface area contributed by atoms with Crippen molar-refractivity contribution in [3.05, 3.63) is 59.3 Å². The molecule has 1 aromatic carbocycles. The summed E-state index contributed by atoms with van der Waals surface area (Å²) in [6.45, 7) is -1.31. The van der Waals surface area contributed by atoms with Crippen molar-refractivity contribution in [3.63, 3.8) is 0 Å². The standard InChI is InChI=1S/C29H26F4N6O3/c1-41-25-19(12-35-27(36-25)42-2)21-11-18(24-34-13-23(30)39(24)37-21)17-10-16(17)15-5-6-20-22(9-15)38(14-29(31,32)33)26(40)28(20)7-3-4-8-28/h5-6,9,11-13,16-17H,3-4,7-8,10,14H2,1-2H3/t16-,17+/m1/s1. The molecule has 4 heterocycles. The lowest BCUT2D eigenvalue weighted by Crippen LogP contribution is -2.43. The first-order chi connectivity index (χ1) is 20.1. The van der Waals surface area contributed by atoms with E-state index >= 15 is 0 Å². The lowest BCUT2D eigenvalue weighted by Gasteiger charge is -2.24. The highest BCUT2D eigenvalue weighted by atomic mass is 19.4. The molecule has 2 aliphatic carbocycles. The van der Waals surface area contributed by atoms with E-state index in [9.17, 15) is 22.4 Å². The molecule has 0 radical (unpaired) electrons. The molecule has 9 nitrogen and oxygen atoms in total. The zero-order valence-electron chi connectivity index (χ0n) is 22.8. The summed E-state index contributed by atoms with van der Waals surface area (Å²) in [6.07, 6.45) is 1.44. The second-order valence-corrected chi connectivity index (χ2v) is 11.1. The van der Waals surface area contributed by atoms with Crippen LogP contribution in [0.1, 0.15) is 60.6 Å². The van der Waals surface area contributed by atoms with Crippen molar-refractivity contribution in [2.75, 3.05) is 25.7 Å². The average Bonchev–Trinajstić information content (AvgIpc) is 3.36. The zero-order chi connectivity index (χ0) is 29.4. The Morgan fingerprint density at radius 1 is 1.05 bits per heavy atom. The van der Waals surface area contributed by atoms with E-state index < -0.39 is 30.0 Å². The van der Waals surface area contributed by atoms with E-state index in [2.05, 4.69) is 20.1 Å². The molecule has 1 spiro atoms. The number of hydrogen-bond donors (Lipinski definition) is 0. The van der Waals surface area contributed by atoms with Gasteiger partial charge in [-0.1, -0.05) is 25.0 Å². The van der Waals surface area contributed by atoms with Gasteiger partial charge in [-0.25, -0.2) is 9.97 Å². The highest BCUT2D eigenvalue weighted by molar-refractivity contribution is 6.08. The summed E-state index contributed by atoms with van der Waals surface area (Å²) >= 11 is 0. The van der Waals surface area contributed by atoms with Crippen molar-refractivity contribution in [2.24, 2.45) is 0 Å². The van der Waals surface area contributed by atoms with Crippen LogP contribution in [0.3, 0.4) is 0 Å². The molecule has 1 aliphatic heterocycles.